The van der Waals surface area contributed by atoms with E-state index in [4.69, 9.17) is 9.15 Å². The van der Waals surface area contributed by atoms with Gasteiger partial charge in [-0.2, -0.15) is 0 Å². The number of hydrogen-bond acceptors (Lipinski definition) is 5. The minimum absolute atomic E-state index is 0.262. The number of ether oxygens (including phenoxy) is 1. The van der Waals surface area contributed by atoms with Gasteiger partial charge in [0.05, 0.1) is 9.38 Å². The maximum absolute atomic E-state index is 12.1. The van der Waals surface area contributed by atoms with Gasteiger partial charge in [0.1, 0.15) is 5.76 Å². The van der Waals surface area contributed by atoms with E-state index in [2.05, 4.69) is 31.9 Å². The van der Waals surface area contributed by atoms with Crippen molar-refractivity contribution in [2.45, 2.75) is 6.42 Å². The minimum Gasteiger partial charge on any atom is -0.449 e. The Morgan fingerprint density at radius 1 is 1.45 bits per heavy atom. The van der Waals surface area contributed by atoms with Gasteiger partial charge in [0.15, 0.2) is 4.67 Å². The zero-order valence-corrected chi connectivity index (χ0v) is 14.5. The van der Waals surface area contributed by atoms with Gasteiger partial charge in [-0.3, -0.25) is 14.5 Å². The van der Waals surface area contributed by atoms with Crippen LogP contribution in [-0.2, 0) is 9.53 Å². The monoisotopic (exact) mass is 423 g/mol. The summed E-state index contributed by atoms with van der Waals surface area (Å²) in [5, 5.41) is -0.262. The van der Waals surface area contributed by atoms with Gasteiger partial charge in [0.25, 0.3) is 11.1 Å². The molecule has 1 saturated heterocycles. The van der Waals surface area contributed by atoms with Gasteiger partial charge < -0.3 is 9.15 Å². The van der Waals surface area contributed by atoms with Gasteiger partial charge in [-0.05, 0) is 56.1 Å². The maximum atomic E-state index is 12.1. The first-order valence-corrected chi connectivity index (χ1v) is 8.12. The van der Waals surface area contributed by atoms with Gasteiger partial charge >= 0.3 is 0 Å². The van der Waals surface area contributed by atoms with Crippen LogP contribution in [0.5, 0.6) is 0 Å². The number of hydrogen-bond donors (Lipinski definition) is 0. The number of thioether (sulfide) groups is 1. The summed E-state index contributed by atoms with van der Waals surface area (Å²) in [7, 11) is 1.58. The molecule has 0 spiro atoms. The SMILES string of the molecule is COCCCN1C(=O)S/C(=C/c2cc(Br)c(Br)o2)C1=O. The Labute approximate surface area is 137 Å². The van der Waals surface area contributed by atoms with Gasteiger partial charge in [-0.15, -0.1) is 0 Å². The Morgan fingerprint density at radius 3 is 2.80 bits per heavy atom. The predicted octanol–water partition coefficient (Wildman–Crippen LogP) is 3.88. The zero-order valence-electron chi connectivity index (χ0n) is 10.5. The van der Waals surface area contributed by atoms with E-state index in [9.17, 15) is 9.59 Å². The van der Waals surface area contributed by atoms with Gasteiger partial charge in [0, 0.05) is 26.3 Å². The van der Waals surface area contributed by atoms with Gasteiger partial charge in [0.2, 0.25) is 0 Å². The van der Waals surface area contributed by atoms with Crippen LogP contribution in [0.4, 0.5) is 4.79 Å². The summed E-state index contributed by atoms with van der Waals surface area (Å²) in [5.41, 5.74) is 0. The Balaban J connectivity index is 2.10. The highest BCUT2D eigenvalue weighted by atomic mass is 79.9. The standard InChI is InChI=1S/C12H11Br2NO4S/c1-18-4-2-3-15-11(16)9(20-12(15)17)6-7-5-8(13)10(14)19-7/h5-6H,2-4H2,1H3/b9-6+. The molecule has 1 aliphatic heterocycles. The molecule has 1 aromatic rings. The van der Waals surface area contributed by atoms with E-state index in [1.54, 1.807) is 19.3 Å². The van der Waals surface area contributed by atoms with Crippen LogP contribution >= 0.6 is 43.6 Å². The number of furan rings is 1. The number of carbonyl (C=O) groups is 2. The van der Waals surface area contributed by atoms with Crippen LogP contribution in [0.25, 0.3) is 6.08 Å². The highest BCUT2D eigenvalue weighted by Crippen LogP contribution is 2.34. The van der Waals surface area contributed by atoms with Crippen LogP contribution in [-0.4, -0.2) is 36.3 Å². The molecule has 2 amide bonds. The number of imide groups is 1. The van der Waals surface area contributed by atoms with Crippen molar-refractivity contribution in [3.8, 4) is 0 Å². The smallest absolute Gasteiger partial charge is 0.293 e. The van der Waals surface area contributed by atoms with E-state index in [1.165, 1.54) is 4.90 Å². The molecule has 1 aromatic heterocycles. The topological polar surface area (TPSA) is 59.8 Å². The number of methoxy groups -OCH3 is 1. The number of nitrogens with zero attached hydrogens (tertiary/aromatic N) is 1. The van der Waals surface area contributed by atoms with Crippen molar-refractivity contribution in [3.05, 3.63) is 25.9 Å². The van der Waals surface area contributed by atoms with E-state index >= 15 is 0 Å². The van der Waals surface area contributed by atoms with E-state index in [0.717, 1.165) is 16.2 Å². The second kappa shape index (κ2) is 6.93. The Hall–Kier alpha value is -0.570. The molecule has 1 aliphatic rings. The van der Waals surface area contributed by atoms with Crippen LogP contribution in [0.2, 0.25) is 0 Å². The fourth-order valence-corrected chi connectivity index (χ4v) is 3.08. The van der Waals surface area contributed by atoms with Crippen LogP contribution in [0.1, 0.15) is 12.2 Å². The second-order valence-electron chi connectivity index (χ2n) is 3.95. The van der Waals surface area contributed by atoms with E-state index in [-0.39, 0.29) is 11.1 Å². The molecule has 108 valence electrons. The summed E-state index contributed by atoms with van der Waals surface area (Å²) >= 11 is 7.43. The molecule has 0 bridgehead atoms. The van der Waals surface area contributed by atoms with Crippen LogP contribution in [0.15, 0.2) is 24.5 Å². The van der Waals surface area contributed by atoms with E-state index in [0.29, 0.717) is 34.9 Å². The predicted molar refractivity (Wildman–Crippen MR) is 83.3 cm³/mol. The summed E-state index contributed by atoms with van der Waals surface area (Å²) in [5.74, 6) is 0.214. The molecular formula is C12H11Br2NO4S. The number of carbonyl (C=O) groups excluding carboxylic acids is 2. The number of rotatable bonds is 5. The zero-order chi connectivity index (χ0) is 14.7. The lowest BCUT2D eigenvalue weighted by atomic mass is 10.3. The van der Waals surface area contributed by atoms with Crippen LogP contribution < -0.4 is 0 Å². The first-order valence-electron chi connectivity index (χ1n) is 5.72. The van der Waals surface area contributed by atoms with Gasteiger partial charge in [-0.25, -0.2) is 0 Å². The molecule has 0 saturated carbocycles. The molecule has 0 aromatic carbocycles. The molecule has 8 heteroatoms. The molecular weight excluding hydrogens is 414 g/mol. The molecule has 0 radical (unpaired) electrons. The summed E-state index contributed by atoms with van der Waals surface area (Å²) in [6.07, 6.45) is 2.19. The summed E-state index contributed by atoms with van der Waals surface area (Å²) < 4.78 is 11.6. The molecule has 5 nitrogen and oxygen atoms in total. The third-order valence-electron chi connectivity index (χ3n) is 2.54. The Kier molecular flexibility index (Phi) is 5.48. The van der Waals surface area contributed by atoms with Crippen LogP contribution in [0, 0.1) is 0 Å². The van der Waals surface area contributed by atoms with E-state index < -0.39 is 0 Å². The Morgan fingerprint density at radius 2 is 2.20 bits per heavy atom. The lowest BCUT2D eigenvalue weighted by Crippen LogP contribution is -2.29. The highest BCUT2D eigenvalue weighted by molar-refractivity contribution is 9.13. The third kappa shape index (κ3) is 3.55. The van der Waals surface area contributed by atoms with Crippen molar-refractivity contribution in [1.82, 2.24) is 4.90 Å². The van der Waals surface area contributed by atoms with Crippen molar-refractivity contribution in [3.63, 3.8) is 0 Å². The fourth-order valence-electron chi connectivity index (χ4n) is 1.62. The van der Waals surface area contributed by atoms with Crippen molar-refractivity contribution >= 4 is 60.8 Å². The maximum Gasteiger partial charge on any atom is 0.293 e. The summed E-state index contributed by atoms with van der Waals surface area (Å²) in [6, 6.07) is 1.73. The molecule has 0 unspecified atom stereocenters. The highest BCUT2D eigenvalue weighted by Gasteiger charge is 2.34. The van der Waals surface area contributed by atoms with Crippen LogP contribution in [0.3, 0.4) is 0 Å². The average Bonchev–Trinajstić information content (AvgIpc) is 2.84. The lowest BCUT2D eigenvalue weighted by Gasteiger charge is -2.11. The average molecular weight is 425 g/mol. The number of amides is 2. The van der Waals surface area contributed by atoms with Crippen molar-refractivity contribution in [1.29, 1.82) is 0 Å². The first kappa shape index (κ1) is 15.8. The molecule has 2 rings (SSSR count). The first-order chi connectivity index (χ1) is 9.52. The third-order valence-corrected chi connectivity index (χ3v) is 5.16. The molecule has 2 heterocycles. The minimum atomic E-state index is -0.292. The molecule has 20 heavy (non-hydrogen) atoms. The summed E-state index contributed by atoms with van der Waals surface area (Å²) in [4.78, 5) is 25.5. The Bertz CT molecular complexity index is 550. The largest absolute Gasteiger partial charge is 0.449 e. The fraction of sp³-hybridized carbons (Fsp3) is 0.333. The van der Waals surface area contributed by atoms with Crippen molar-refractivity contribution in [2.24, 2.45) is 0 Å². The van der Waals surface area contributed by atoms with Crippen molar-refractivity contribution in [2.75, 3.05) is 20.3 Å². The molecule has 1 fully saturated rings. The second-order valence-corrected chi connectivity index (χ2v) is 6.52. The molecule has 0 atom stereocenters. The molecule has 0 aliphatic carbocycles. The lowest BCUT2D eigenvalue weighted by molar-refractivity contribution is -0.122. The van der Waals surface area contributed by atoms with E-state index in [1.807, 2.05) is 0 Å². The number of halogens is 2. The van der Waals surface area contributed by atoms with Gasteiger partial charge in [-0.1, -0.05) is 0 Å². The quantitative estimate of drug-likeness (QED) is 0.530. The van der Waals surface area contributed by atoms with Crippen molar-refractivity contribution < 1.29 is 18.7 Å². The molecule has 0 N–H and O–H groups in total. The summed E-state index contributed by atoms with van der Waals surface area (Å²) in [6.45, 7) is 0.875. The normalized spacial score (nSPS) is 17.6.